The molecule has 2 N–H and O–H groups in total. The fourth-order valence-corrected chi connectivity index (χ4v) is 3.36. The first-order chi connectivity index (χ1) is 10.4. The molecule has 22 heavy (non-hydrogen) atoms. The minimum Gasteiger partial charge on any atom is -0.330 e. The molecule has 0 fully saturated rings. The molecule has 0 atom stereocenters. The Morgan fingerprint density at radius 2 is 1.68 bits per heavy atom. The van der Waals surface area contributed by atoms with Crippen molar-refractivity contribution >= 4 is 86.3 Å². The molecule has 2 rings (SSSR count). The van der Waals surface area contributed by atoms with Crippen molar-refractivity contribution in [1.29, 1.82) is 0 Å². The Morgan fingerprint density at radius 3 is 2.27 bits per heavy atom. The minimum absolute atomic E-state index is 0.0933. The zero-order valence-electron chi connectivity index (χ0n) is 10.8. The van der Waals surface area contributed by atoms with Crippen molar-refractivity contribution < 1.29 is 4.79 Å². The highest BCUT2D eigenvalue weighted by molar-refractivity contribution is 14.1. The van der Waals surface area contributed by atoms with Crippen LogP contribution in [0.5, 0.6) is 0 Å². The highest BCUT2D eigenvalue weighted by Crippen LogP contribution is 2.33. The van der Waals surface area contributed by atoms with Gasteiger partial charge in [-0.3, -0.25) is 10.1 Å². The van der Waals surface area contributed by atoms with Gasteiger partial charge in [0, 0.05) is 8.59 Å². The number of rotatable bonds is 2. The van der Waals surface area contributed by atoms with Gasteiger partial charge in [0.05, 0.1) is 21.3 Å². The molecule has 0 bridgehead atoms. The fraction of sp³-hybridized carbons (Fsp3) is 0. The van der Waals surface area contributed by atoms with E-state index >= 15 is 0 Å². The molecule has 114 valence electrons. The van der Waals surface area contributed by atoms with Crippen LogP contribution in [0.4, 0.5) is 5.69 Å². The molecule has 0 spiro atoms. The maximum atomic E-state index is 12.2. The van der Waals surface area contributed by atoms with Gasteiger partial charge in [-0.15, -0.1) is 0 Å². The number of anilines is 1. The van der Waals surface area contributed by atoms with Gasteiger partial charge in [-0.05, 0) is 59.1 Å². The van der Waals surface area contributed by atoms with Gasteiger partial charge in [-0.1, -0.05) is 46.9 Å². The van der Waals surface area contributed by atoms with Crippen molar-refractivity contribution in [2.45, 2.75) is 0 Å². The summed E-state index contributed by atoms with van der Waals surface area (Å²) in [5.74, 6) is -0.316. The summed E-state index contributed by atoms with van der Waals surface area (Å²) < 4.78 is 0.822. The summed E-state index contributed by atoms with van der Waals surface area (Å²) in [6.07, 6.45) is 0. The largest absolute Gasteiger partial charge is 0.330 e. The van der Waals surface area contributed by atoms with E-state index in [0.29, 0.717) is 26.3 Å². The van der Waals surface area contributed by atoms with Crippen LogP contribution in [0, 0.1) is 3.57 Å². The van der Waals surface area contributed by atoms with Crippen molar-refractivity contribution in [2.75, 3.05) is 5.32 Å². The van der Waals surface area contributed by atoms with E-state index in [1.807, 2.05) is 12.1 Å². The molecular formula is C14H8Cl3IN2OS. The number of carbonyl (C=O) groups is 1. The van der Waals surface area contributed by atoms with Crippen LogP contribution in [0.15, 0.2) is 36.4 Å². The van der Waals surface area contributed by atoms with Crippen LogP contribution in [0.2, 0.25) is 15.1 Å². The van der Waals surface area contributed by atoms with Crippen LogP contribution >= 0.6 is 69.6 Å². The predicted molar refractivity (Wildman–Crippen MR) is 104 cm³/mol. The lowest BCUT2D eigenvalue weighted by Gasteiger charge is -2.13. The van der Waals surface area contributed by atoms with Gasteiger partial charge in [0.1, 0.15) is 0 Å². The molecule has 2 aromatic carbocycles. The number of hydrogen-bond donors (Lipinski definition) is 2. The summed E-state index contributed by atoms with van der Waals surface area (Å²) in [5.41, 5.74) is 0.918. The SMILES string of the molecule is O=C(NC(=S)Nc1c(Cl)cc(Cl)cc1Cl)c1ccccc1I. The zero-order valence-corrected chi connectivity index (χ0v) is 16.0. The van der Waals surface area contributed by atoms with Crippen molar-refractivity contribution in [1.82, 2.24) is 5.32 Å². The molecule has 0 unspecified atom stereocenters. The molecule has 0 aliphatic carbocycles. The topological polar surface area (TPSA) is 41.1 Å². The lowest BCUT2D eigenvalue weighted by atomic mass is 10.2. The van der Waals surface area contributed by atoms with Crippen LogP contribution in [0.25, 0.3) is 0 Å². The summed E-state index contributed by atoms with van der Waals surface area (Å²) in [4.78, 5) is 12.2. The number of nitrogens with one attached hydrogen (secondary N) is 2. The molecule has 0 aromatic heterocycles. The number of amides is 1. The smallest absolute Gasteiger partial charge is 0.258 e. The Kier molecular flexibility index (Phi) is 6.28. The van der Waals surface area contributed by atoms with Gasteiger partial charge in [-0.25, -0.2) is 0 Å². The second kappa shape index (κ2) is 7.79. The average molecular weight is 486 g/mol. The maximum Gasteiger partial charge on any atom is 0.258 e. The lowest BCUT2D eigenvalue weighted by molar-refractivity contribution is 0.0977. The predicted octanol–water partition coefficient (Wildman–Crippen LogP) is 5.38. The molecule has 0 aliphatic heterocycles. The van der Waals surface area contributed by atoms with Crippen LogP contribution < -0.4 is 10.6 Å². The van der Waals surface area contributed by atoms with Crippen LogP contribution in [-0.4, -0.2) is 11.0 Å². The number of hydrogen-bond acceptors (Lipinski definition) is 2. The molecule has 0 saturated carbocycles. The molecule has 2 aromatic rings. The Bertz CT molecular complexity index is 732. The van der Waals surface area contributed by atoms with Gasteiger partial charge < -0.3 is 5.32 Å². The van der Waals surface area contributed by atoms with Gasteiger partial charge in [0.2, 0.25) is 0 Å². The number of benzene rings is 2. The summed E-state index contributed by atoms with van der Waals surface area (Å²) in [5, 5.41) is 6.50. The second-order valence-electron chi connectivity index (χ2n) is 4.13. The molecule has 0 heterocycles. The number of halogens is 4. The molecule has 0 saturated heterocycles. The van der Waals surface area contributed by atoms with Crippen LogP contribution in [-0.2, 0) is 0 Å². The molecule has 0 radical (unpaired) electrons. The average Bonchev–Trinajstić information content (AvgIpc) is 2.43. The standard InChI is InChI=1S/C14H8Cl3IN2OS/c15-7-5-9(16)12(10(17)6-7)19-14(22)20-13(21)8-3-1-2-4-11(8)18/h1-6H,(H2,19,20,21,22). The van der Waals surface area contributed by atoms with Crippen LogP contribution in [0.3, 0.4) is 0 Å². The Labute approximate surface area is 161 Å². The molecule has 1 amide bonds. The molecule has 0 aliphatic rings. The summed E-state index contributed by atoms with van der Waals surface area (Å²) in [6, 6.07) is 10.2. The minimum atomic E-state index is -0.316. The normalized spacial score (nSPS) is 10.2. The molecule has 8 heteroatoms. The van der Waals surface area contributed by atoms with E-state index in [2.05, 4.69) is 33.2 Å². The first-order valence-electron chi connectivity index (χ1n) is 5.90. The number of carbonyl (C=O) groups excluding carboxylic acids is 1. The van der Waals surface area contributed by atoms with E-state index < -0.39 is 0 Å². The van der Waals surface area contributed by atoms with E-state index in [-0.39, 0.29) is 11.0 Å². The highest BCUT2D eigenvalue weighted by atomic mass is 127. The van der Waals surface area contributed by atoms with E-state index in [0.717, 1.165) is 3.57 Å². The summed E-state index contributed by atoms with van der Waals surface area (Å²) in [6.45, 7) is 0. The zero-order chi connectivity index (χ0) is 16.3. The maximum absolute atomic E-state index is 12.2. The van der Waals surface area contributed by atoms with Gasteiger partial charge in [0.15, 0.2) is 5.11 Å². The van der Waals surface area contributed by atoms with Gasteiger partial charge >= 0.3 is 0 Å². The first kappa shape index (κ1) is 17.7. The monoisotopic (exact) mass is 484 g/mol. The molecule has 3 nitrogen and oxygen atoms in total. The fourth-order valence-electron chi connectivity index (χ4n) is 1.62. The quantitative estimate of drug-likeness (QED) is 0.444. The Hall–Kier alpha value is -0.600. The van der Waals surface area contributed by atoms with Gasteiger partial charge in [-0.2, -0.15) is 0 Å². The van der Waals surface area contributed by atoms with E-state index in [1.165, 1.54) is 12.1 Å². The third kappa shape index (κ3) is 4.45. The first-order valence-corrected chi connectivity index (χ1v) is 8.52. The molecular weight excluding hydrogens is 477 g/mol. The van der Waals surface area contributed by atoms with Crippen molar-refractivity contribution in [3.63, 3.8) is 0 Å². The van der Waals surface area contributed by atoms with Crippen LogP contribution in [0.1, 0.15) is 10.4 Å². The van der Waals surface area contributed by atoms with Crippen molar-refractivity contribution in [2.24, 2.45) is 0 Å². The third-order valence-electron chi connectivity index (χ3n) is 2.59. The highest BCUT2D eigenvalue weighted by Gasteiger charge is 2.13. The van der Waals surface area contributed by atoms with Gasteiger partial charge in [0.25, 0.3) is 5.91 Å². The van der Waals surface area contributed by atoms with E-state index in [1.54, 1.807) is 12.1 Å². The number of thiocarbonyl (C=S) groups is 1. The van der Waals surface area contributed by atoms with E-state index in [9.17, 15) is 4.79 Å². The summed E-state index contributed by atoms with van der Waals surface area (Å²) in [7, 11) is 0. The second-order valence-corrected chi connectivity index (χ2v) is 6.95. The Balaban J connectivity index is 2.11. The Morgan fingerprint density at radius 1 is 1.09 bits per heavy atom. The lowest BCUT2D eigenvalue weighted by Crippen LogP contribution is -2.34. The third-order valence-corrected chi connectivity index (χ3v) is 4.55. The van der Waals surface area contributed by atoms with Crippen molar-refractivity contribution in [3.05, 3.63) is 60.6 Å². The van der Waals surface area contributed by atoms with E-state index in [4.69, 9.17) is 47.0 Å². The summed E-state index contributed by atoms with van der Waals surface area (Å²) >= 11 is 25.1. The van der Waals surface area contributed by atoms with Crippen molar-refractivity contribution in [3.8, 4) is 0 Å².